The third-order valence-electron chi connectivity index (χ3n) is 3.81. The first-order chi connectivity index (χ1) is 14.0. The molecule has 0 heterocycles. The Hall–Kier alpha value is -2.54. The molecule has 0 spiro atoms. The normalized spacial score (nSPS) is 12.0. The third-order valence-corrected chi connectivity index (χ3v) is 6.07. The van der Waals surface area contributed by atoms with Crippen LogP contribution in [0.3, 0.4) is 0 Å². The monoisotopic (exact) mass is 437 g/mol. The van der Waals surface area contributed by atoms with Gasteiger partial charge in [0.1, 0.15) is 12.7 Å². The maximum atomic E-state index is 12.0. The topological polar surface area (TPSA) is 137 Å². The van der Waals surface area contributed by atoms with Crippen molar-refractivity contribution in [2.45, 2.75) is 31.6 Å². The van der Waals surface area contributed by atoms with Crippen LogP contribution >= 0.6 is 21.6 Å². The number of benzene rings is 1. The van der Waals surface area contributed by atoms with Crippen LogP contribution in [-0.2, 0) is 20.9 Å². The van der Waals surface area contributed by atoms with Crippen LogP contribution in [0.1, 0.15) is 25.3 Å². The number of esters is 1. The Labute approximate surface area is 177 Å². The number of hydrogen-bond donors (Lipinski definition) is 1. The van der Waals surface area contributed by atoms with Gasteiger partial charge in [-0.1, -0.05) is 57.9 Å². The van der Waals surface area contributed by atoms with E-state index in [1.54, 1.807) is 58.8 Å². The molecule has 156 valence electrons. The highest BCUT2D eigenvalue weighted by molar-refractivity contribution is 8.76. The molecular weight excluding hydrogens is 414 g/mol. The molecule has 0 unspecified atom stereocenters. The first-order valence-corrected chi connectivity index (χ1v) is 11.4. The molecule has 0 aromatic heterocycles. The van der Waals surface area contributed by atoms with E-state index in [1.165, 1.54) is 0 Å². The van der Waals surface area contributed by atoms with E-state index in [0.717, 1.165) is 0 Å². The molecule has 1 N–H and O–H groups in total. The summed E-state index contributed by atoms with van der Waals surface area (Å²) >= 11 is 0. The number of azide groups is 1. The van der Waals surface area contributed by atoms with Crippen LogP contribution in [0.25, 0.3) is 10.4 Å². The molecule has 1 rings (SSSR count). The highest BCUT2D eigenvalue weighted by Gasteiger charge is 2.18. The minimum Gasteiger partial charge on any atom is -0.450 e. The van der Waals surface area contributed by atoms with Crippen molar-refractivity contribution in [3.63, 3.8) is 0 Å². The van der Waals surface area contributed by atoms with Crippen molar-refractivity contribution in [1.29, 1.82) is 5.26 Å². The average molecular weight is 438 g/mol. The summed E-state index contributed by atoms with van der Waals surface area (Å²) in [6.45, 7) is 1.87. The summed E-state index contributed by atoms with van der Waals surface area (Å²) in [7, 11) is 3.17. The van der Waals surface area contributed by atoms with Crippen LogP contribution in [0.5, 0.6) is 0 Å². The van der Waals surface area contributed by atoms with E-state index in [1.807, 2.05) is 6.26 Å². The smallest absolute Gasteiger partial charge is 0.407 e. The Kier molecular flexibility index (Phi) is 12.2. The van der Waals surface area contributed by atoms with Crippen molar-refractivity contribution in [3.05, 3.63) is 40.3 Å². The number of hydrogen-bond acceptors (Lipinski definition) is 8. The van der Waals surface area contributed by atoms with E-state index in [0.29, 0.717) is 30.6 Å². The molecule has 2 atom stereocenters. The Morgan fingerprint density at radius 3 is 2.79 bits per heavy atom. The van der Waals surface area contributed by atoms with Crippen LogP contribution in [-0.4, -0.2) is 36.7 Å². The molecule has 0 radical (unpaired) electrons. The van der Waals surface area contributed by atoms with Crippen LogP contribution in [0.2, 0.25) is 0 Å². The maximum Gasteiger partial charge on any atom is 0.407 e. The van der Waals surface area contributed by atoms with Gasteiger partial charge in [-0.2, -0.15) is 5.26 Å². The van der Waals surface area contributed by atoms with Crippen molar-refractivity contribution in [2.24, 2.45) is 11.0 Å². The zero-order chi connectivity index (χ0) is 21.5. The number of amides is 1. The number of nitriles is 1. The molecule has 0 aliphatic heterocycles. The summed E-state index contributed by atoms with van der Waals surface area (Å²) in [6.07, 6.45) is 2.63. The highest BCUT2D eigenvalue weighted by atomic mass is 33.1. The molecule has 1 aromatic rings. The predicted molar refractivity (Wildman–Crippen MR) is 113 cm³/mol. The summed E-state index contributed by atoms with van der Waals surface area (Å²) in [6, 6.07) is 8.63. The summed E-state index contributed by atoms with van der Waals surface area (Å²) < 4.78 is 10.0. The molecule has 29 heavy (non-hydrogen) atoms. The molecule has 0 saturated heterocycles. The summed E-state index contributed by atoms with van der Waals surface area (Å²) in [5, 5.41) is 14.8. The summed E-state index contributed by atoms with van der Waals surface area (Å²) in [4.78, 5) is 26.5. The van der Waals surface area contributed by atoms with Gasteiger partial charge in [-0.05, 0) is 30.2 Å². The second kappa shape index (κ2) is 14.5. The van der Waals surface area contributed by atoms with E-state index in [9.17, 15) is 9.59 Å². The number of nitrogens with zero attached hydrogens (tertiary/aromatic N) is 4. The lowest BCUT2D eigenvalue weighted by Crippen LogP contribution is -2.31. The van der Waals surface area contributed by atoms with E-state index < -0.39 is 12.1 Å². The lowest BCUT2D eigenvalue weighted by Gasteiger charge is -2.18. The van der Waals surface area contributed by atoms with E-state index >= 15 is 0 Å². The highest BCUT2D eigenvalue weighted by Crippen LogP contribution is 2.28. The largest absolute Gasteiger partial charge is 0.450 e. The van der Waals surface area contributed by atoms with Crippen molar-refractivity contribution in [3.8, 4) is 6.07 Å². The molecule has 0 aliphatic rings. The number of carbonyl (C=O) groups is 2. The summed E-state index contributed by atoms with van der Waals surface area (Å²) in [5.74, 6) is -0.719. The Bertz CT molecular complexity index is 765. The van der Waals surface area contributed by atoms with Crippen molar-refractivity contribution in [2.75, 3.05) is 19.4 Å². The number of alkyl carbamates (subject to hydrolysis) is 1. The summed E-state index contributed by atoms with van der Waals surface area (Å²) in [5.41, 5.74) is 9.60. The fourth-order valence-electron chi connectivity index (χ4n) is 2.29. The van der Waals surface area contributed by atoms with Gasteiger partial charge < -0.3 is 14.8 Å². The zero-order valence-electron chi connectivity index (χ0n) is 16.2. The van der Waals surface area contributed by atoms with Gasteiger partial charge in [0.15, 0.2) is 6.61 Å². The molecule has 9 nitrogen and oxygen atoms in total. The number of carbonyl (C=O) groups excluding carboxylic acids is 2. The van der Waals surface area contributed by atoms with Gasteiger partial charge in [0.2, 0.25) is 0 Å². The zero-order valence-corrected chi connectivity index (χ0v) is 17.9. The van der Waals surface area contributed by atoms with Gasteiger partial charge >= 0.3 is 12.1 Å². The van der Waals surface area contributed by atoms with Gasteiger partial charge in [-0.25, -0.2) is 4.79 Å². The Balaban J connectivity index is 2.44. The Morgan fingerprint density at radius 1 is 1.34 bits per heavy atom. The SMILES string of the molecule is CSS[C@@H](CC[C@H](C)C(=O)OCC#N)CNC(=O)OCc1ccccc1N=[N+]=[N-]. The maximum absolute atomic E-state index is 12.0. The van der Waals surface area contributed by atoms with Gasteiger partial charge in [0.25, 0.3) is 0 Å². The van der Waals surface area contributed by atoms with Crippen LogP contribution in [0.15, 0.2) is 29.4 Å². The number of rotatable bonds is 12. The predicted octanol–water partition coefficient (Wildman–Crippen LogP) is 4.72. The average Bonchev–Trinajstić information content (AvgIpc) is 2.73. The molecule has 1 amide bonds. The fraction of sp³-hybridized carbons (Fsp3) is 0.500. The van der Waals surface area contributed by atoms with E-state index in [4.69, 9.17) is 20.3 Å². The quantitative estimate of drug-likeness (QED) is 0.164. The minimum absolute atomic E-state index is 0.0108. The van der Waals surface area contributed by atoms with Gasteiger partial charge in [-0.15, -0.1) is 0 Å². The molecule has 0 bridgehead atoms. The van der Waals surface area contributed by atoms with Crippen molar-refractivity contribution >= 4 is 39.3 Å². The van der Waals surface area contributed by atoms with Crippen LogP contribution in [0, 0.1) is 17.2 Å². The molecular formula is C18H23N5O4S2. The number of ether oxygens (including phenoxy) is 2. The van der Waals surface area contributed by atoms with Crippen LogP contribution in [0.4, 0.5) is 10.5 Å². The molecule has 11 heteroatoms. The fourth-order valence-corrected chi connectivity index (χ4v) is 4.25. The van der Waals surface area contributed by atoms with E-state index in [2.05, 4.69) is 15.3 Å². The van der Waals surface area contributed by atoms with Crippen LogP contribution < -0.4 is 5.32 Å². The van der Waals surface area contributed by atoms with Crippen molar-refractivity contribution in [1.82, 2.24) is 5.32 Å². The lowest BCUT2D eigenvalue weighted by molar-refractivity contribution is -0.146. The minimum atomic E-state index is -0.575. The number of nitrogens with one attached hydrogen (secondary N) is 1. The standard InChI is InChI=1S/C18H23N5O4S2/c1-13(17(24)26-10-9-19)7-8-15(29-28-2)11-21-18(25)27-12-14-5-3-4-6-16(14)22-23-20/h3-6,13,15H,7-8,10-12H2,1-2H3,(H,21,25)/t13-,15-/m0/s1. The molecule has 1 aromatic carbocycles. The first-order valence-electron chi connectivity index (χ1n) is 8.78. The first kappa shape index (κ1) is 24.5. The molecule has 0 aliphatic carbocycles. The van der Waals surface area contributed by atoms with Gasteiger partial charge in [-0.3, -0.25) is 4.79 Å². The van der Waals surface area contributed by atoms with Gasteiger partial charge in [0, 0.05) is 22.4 Å². The van der Waals surface area contributed by atoms with Gasteiger partial charge in [0.05, 0.1) is 5.92 Å². The van der Waals surface area contributed by atoms with Crippen molar-refractivity contribution < 1.29 is 19.1 Å². The molecule has 0 fully saturated rings. The second-order valence-electron chi connectivity index (χ2n) is 5.90. The second-order valence-corrected chi connectivity index (χ2v) is 8.67. The third kappa shape index (κ3) is 9.99. The lowest BCUT2D eigenvalue weighted by atomic mass is 10.0. The Morgan fingerprint density at radius 2 is 2.10 bits per heavy atom. The molecule has 0 saturated carbocycles. The van der Waals surface area contributed by atoms with E-state index in [-0.39, 0.29) is 24.4 Å².